The van der Waals surface area contributed by atoms with Gasteiger partial charge in [0, 0.05) is 25.1 Å². The number of allylic oxidation sites excluding steroid dienone is 1. The number of nitrogens with zero attached hydrogens (tertiary/aromatic N) is 2. The highest BCUT2D eigenvalue weighted by molar-refractivity contribution is 5.96. The Morgan fingerprint density at radius 3 is 2.70 bits per heavy atom. The molecule has 0 fully saturated rings. The van der Waals surface area contributed by atoms with E-state index in [1.54, 1.807) is 27.0 Å². The van der Waals surface area contributed by atoms with E-state index in [0.717, 1.165) is 11.3 Å². The first-order valence-electron chi connectivity index (χ1n) is 8.59. The van der Waals surface area contributed by atoms with Gasteiger partial charge in [0.05, 0.1) is 7.11 Å². The Kier molecular flexibility index (Phi) is 5.40. The number of ketones is 1. The minimum atomic E-state index is -0.229. The number of rotatable bonds is 7. The van der Waals surface area contributed by atoms with Crippen molar-refractivity contribution in [2.24, 2.45) is 0 Å². The molecule has 7 heteroatoms. The first-order valence-corrected chi connectivity index (χ1v) is 8.59. The van der Waals surface area contributed by atoms with Crippen LogP contribution >= 0.6 is 0 Å². The van der Waals surface area contributed by atoms with E-state index in [4.69, 9.17) is 9.15 Å². The van der Waals surface area contributed by atoms with Crippen molar-refractivity contribution in [3.63, 3.8) is 0 Å². The summed E-state index contributed by atoms with van der Waals surface area (Å²) in [7, 11) is 1.61. The molecule has 0 aliphatic carbocycles. The molecule has 0 aliphatic rings. The van der Waals surface area contributed by atoms with Crippen LogP contribution in [-0.4, -0.2) is 28.0 Å². The lowest BCUT2D eigenvalue weighted by atomic mass is 10.2. The van der Waals surface area contributed by atoms with Gasteiger partial charge in [0.15, 0.2) is 11.6 Å². The summed E-state index contributed by atoms with van der Waals surface area (Å²) >= 11 is 0. The van der Waals surface area contributed by atoms with Crippen molar-refractivity contribution < 1.29 is 19.1 Å². The monoisotopic (exact) mass is 367 g/mol. The van der Waals surface area contributed by atoms with Gasteiger partial charge in [-0.2, -0.15) is 4.98 Å². The molecule has 140 valence electrons. The number of anilines is 1. The van der Waals surface area contributed by atoms with Crippen LogP contribution in [0.3, 0.4) is 0 Å². The summed E-state index contributed by atoms with van der Waals surface area (Å²) in [4.78, 5) is 20.5. The van der Waals surface area contributed by atoms with E-state index in [2.05, 4.69) is 15.3 Å². The number of nitrogens with one attached hydrogen (secondary N) is 1. The number of aliphatic hydroxyl groups is 1. The lowest BCUT2D eigenvalue weighted by Gasteiger charge is -2.10. The van der Waals surface area contributed by atoms with Crippen LogP contribution in [0, 0.1) is 6.92 Å². The molecule has 0 saturated carbocycles. The van der Waals surface area contributed by atoms with Gasteiger partial charge in [-0.3, -0.25) is 4.79 Å². The van der Waals surface area contributed by atoms with Crippen LogP contribution < -0.4 is 10.1 Å². The molecule has 1 aromatic carbocycles. The molecule has 2 N–H and O–H groups in total. The van der Waals surface area contributed by atoms with Crippen molar-refractivity contribution in [3.8, 4) is 5.75 Å². The number of hydrogen-bond acceptors (Lipinski definition) is 7. The van der Waals surface area contributed by atoms with E-state index in [9.17, 15) is 9.90 Å². The minimum absolute atomic E-state index is 0.195. The Morgan fingerprint density at radius 1 is 1.30 bits per heavy atom. The number of fused-ring (bicyclic) bond motifs is 1. The third-order valence-corrected chi connectivity index (χ3v) is 3.99. The molecule has 3 aromatic rings. The zero-order valence-corrected chi connectivity index (χ0v) is 15.4. The highest BCUT2D eigenvalue weighted by Crippen LogP contribution is 2.25. The zero-order chi connectivity index (χ0) is 19.4. The van der Waals surface area contributed by atoms with Crippen LogP contribution in [0.15, 0.2) is 40.8 Å². The van der Waals surface area contributed by atoms with E-state index in [-0.39, 0.29) is 17.2 Å². The number of aromatic nitrogens is 2. The summed E-state index contributed by atoms with van der Waals surface area (Å²) in [5.41, 5.74) is 2.08. The molecule has 2 heterocycles. The van der Waals surface area contributed by atoms with Crippen molar-refractivity contribution in [2.45, 2.75) is 26.8 Å². The first-order chi connectivity index (χ1) is 13.0. The van der Waals surface area contributed by atoms with E-state index in [1.807, 2.05) is 24.3 Å². The number of furan rings is 1. The molecular formula is C20H21N3O4. The Morgan fingerprint density at radius 2 is 2.04 bits per heavy atom. The number of methoxy groups -OCH3 is 1. The molecule has 27 heavy (non-hydrogen) atoms. The van der Waals surface area contributed by atoms with Crippen molar-refractivity contribution >= 4 is 28.6 Å². The third kappa shape index (κ3) is 4.25. The third-order valence-electron chi connectivity index (χ3n) is 3.99. The van der Waals surface area contributed by atoms with Crippen molar-refractivity contribution in [1.82, 2.24) is 9.97 Å². The van der Waals surface area contributed by atoms with Gasteiger partial charge in [-0.05, 0) is 24.6 Å². The van der Waals surface area contributed by atoms with Crippen LogP contribution in [-0.2, 0) is 11.3 Å². The van der Waals surface area contributed by atoms with Crippen LogP contribution in [0.25, 0.3) is 17.0 Å². The second-order valence-electron chi connectivity index (χ2n) is 6.02. The number of ether oxygens (including phenoxy) is 1. The average Bonchev–Trinajstić information content (AvgIpc) is 3.04. The number of hydrogen-bond donors (Lipinski definition) is 2. The smallest absolute Gasteiger partial charge is 0.247 e. The summed E-state index contributed by atoms with van der Waals surface area (Å²) < 4.78 is 10.7. The highest BCUT2D eigenvalue weighted by Gasteiger charge is 2.16. The van der Waals surface area contributed by atoms with E-state index >= 15 is 0 Å². The second-order valence-corrected chi connectivity index (χ2v) is 6.02. The summed E-state index contributed by atoms with van der Waals surface area (Å²) in [6, 6.07) is 9.30. The molecule has 0 atom stereocenters. The molecule has 0 unspecified atom stereocenters. The Balaban J connectivity index is 1.94. The molecule has 0 saturated heterocycles. The van der Waals surface area contributed by atoms with Gasteiger partial charge in [0.2, 0.25) is 5.71 Å². The largest absolute Gasteiger partial charge is 0.505 e. The van der Waals surface area contributed by atoms with Gasteiger partial charge in [-0.1, -0.05) is 19.1 Å². The molecule has 3 rings (SSSR count). The lowest BCUT2D eigenvalue weighted by molar-refractivity contribution is -0.114. The van der Waals surface area contributed by atoms with Gasteiger partial charge in [0.25, 0.3) is 0 Å². The average molecular weight is 367 g/mol. The van der Waals surface area contributed by atoms with Crippen LogP contribution in [0.1, 0.15) is 30.4 Å². The number of aryl methyl sites for hydroxylation is 1. The van der Waals surface area contributed by atoms with Crippen LogP contribution in [0.5, 0.6) is 5.75 Å². The van der Waals surface area contributed by atoms with Gasteiger partial charge in [-0.15, -0.1) is 0 Å². The topological polar surface area (TPSA) is 97.5 Å². The molecule has 0 bridgehead atoms. The van der Waals surface area contributed by atoms with Gasteiger partial charge in [0.1, 0.15) is 28.5 Å². The minimum Gasteiger partial charge on any atom is -0.505 e. The van der Waals surface area contributed by atoms with Crippen LogP contribution in [0.2, 0.25) is 0 Å². The van der Waals surface area contributed by atoms with E-state index in [0.29, 0.717) is 35.8 Å². The van der Waals surface area contributed by atoms with Crippen molar-refractivity contribution in [3.05, 3.63) is 53.4 Å². The predicted octanol–water partition coefficient (Wildman–Crippen LogP) is 4.03. The summed E-state index contributed by atoms with van der Waals surface area (Å²) in [5, 5.41) is 13.5. The fourth-order valence-corrected chi connectivity index (χ4v) is 2.53. The summed E-state index contributed by atoms with van der Waals surface area (Å²) in [6.45, 7) is 3.97. The predicted molar refractivity (Wildman–Crippen MR) is 103 cm³/mol. The fraction of sp³-hybridized carbons (Fsp3) is 0.250. The maximum absolute atomic E-state index is 11.7. The normalized spacial score (nSPS) is 11.6. The first kappa shape index (κ1) is 18.4. The number of benzene rings is 1. The molecule has 0 aliphatic heterocycles. The number of carbonyl (C=O) groups excluding carboxylic acids is 1. The van der Waals surface area contributed by atoms with Gasteiger partial charge >= 0.3 is 0 Å². The molecule has 7 nitrogen and oxygen atoms in total. The zero-order valence-electron chi connectivity index (χ0n) is 15.4. The van der Waals surface area contributed by atoms with Gasteiger partial charge < -0.3 is 19.6 Å². The molecule has 0 spiro atoms. The quantitative estimate of drug-likeness (QED) is 0.480. The number of carbonyl (C=O) groups is 1. The number of aliphatic hydroxyl groups excluding tert-OH is 1. The highest BCUT2D eigenvalue weighted by atomic mass is 16.5. The van der Waals surface area contributed by atoms with E-state index < -0.39 is 0 Å². The fourth-order valence-electron chi connectivity index (χ4n) is 2.53. The Labute approximate surface area is 156 Å². The lowest BCUT2D eigenvalue weighted by Crippen LogP contribution is -2.07. The second kappa shape index (κ2) is 7.90. The molecular weight excluding hydrogens is 346 g/mol. The molecule has 2 aromatic heterocycles. The summed E-state index contributed by atoms with van der Waals surface area (Å²) in [6.07, 6.45) is 1.46. The van der Waals surface area contributed by atoms with Crippen molar-refractivity contribution in [1.29, 1.82) is 0 Å². The maximum atomic E-state index is 11.7. The standard InChI is InChI=1S/C20H21N3O4/c1-4-14(24)10-17(25)18-19(23-20-16(22-18)9-12(2)27-20)21-11-13-5-7-15(26-3)8-6-13/h5-10,25H,4,11H2,1-3H3,(H,21,23). The van der Waals surface area contributed by atoms with Crippen LogP contribution in [0.4, 0.5) is 5.82 Å². The Bertz CT molecular complexity index is 990. The SMILES string of the molecule is CCC(=O)C=C(O)c1nc2cc(C)oc2nc1NCc1ccc(OC)cc1. The van der Waals surface area contributed by atoms with E-state index in [1.165, 1.54) is 6.08 Å². The van der Waals surface area contributed by atoms with Gasteiger partial charge in [-0.25, -0.2) is 4.98 Å². The summed E-state index contributed by atoms with van der Waals surface area (Å²) in [5.74, 6) is 1.35. The molecule has 0 amide bonds. The molecule has 0 radical (unpaired) electrons. The maximum Gasteiger partial charge on any atom is 0.247 e. The van der Waals surface area contributed by atoms with Crippen molar-refractivity contribution in [2.75, 3.05) is 12.4 Å². The Hall–Kier alpha value is -3.35.